The van der Waals surface area contributed by atoms with Crippen molar-refractivity contribution in [1.82, 2.24) is 0 Å². The maximum atomic E-state index is 11.0. The summed E-state index contributed by atoms with van der Waals surface area (Å²) in [7, 11) is 0. The minimum atomic E-state index is -1.27. The molecule has 0 heterocycles. The van der Waals surface area contributed by atoms with Gasteiger partial charge in [-0.25, -0.2) is 4.79 Å². The molecule has 1 aromatic rings. The van der Waals surface area contributed by atoms with Gasteiger partial charge < -0.3 is 20.6 Å². The van der Waals surface area contributed by atoms with Gasteiger partial charge in [-0.05, 0) is 18.6 Å². The average Bonchev–Trinajstić information content (AvgIpc) is 2.44. The van der Waals surface area contributed by atoms with E-state index >= 15 is 0 Å². The first-order valence-corrected chi connectivity index (χ1v) is 5.90. The number of aromatic carboxylic acids is 1. The lowest BCUT2D eigenvalue weighted by atomic mass is 9.97. The van der Waals surface area contributed by atoms with Gasteiger partial charge in [0, 0.05) is 6.07 Å². The van der Waals surface area contributed by atoms with Gasteiger partial charge in [0.1, 0.15) is 5.69 Å². The van der Waals surface area contributed by atoms with Crippen LogP contribution in [0.3, 0.4) is 0 Å². The molecule has 0 fully saturated rings. The number of aliphatic hydroxyl groups is 2. The van der Waals surface area contributed by atoms with E-state index < -0.39 is 35.3 Å². The van der Waals surface area contributed by atoms with Crippen LogP contribution in [0.15, 0.2) is 18.2 Å². The lowest BCUT2D eigenvalue weighted by Crippen LogP contribution is -2.45. The van der Waals surface area contributed by atoms with Gasteiger partial charge in [0.05, 0.1) is 29.2 Å². The number of carboxylic acids is 1. The zero-order chi connectivity index (χ0) is 15.3. The van der Waals surface area contributed by atoms with Gasteiger partial charge in [0.25, 0.3) is 5.69 Å². The van der Waals surface area contributed by atoms with Crippen molar-refractivity contribution < 1.29 is 25.0 Å². The second-order valence-electron chi connectivity index (χ2n) is 4.37. The number of hydrogen-bond donors (Lipinski definition) is 4. The second kappa shape index (κ2) is 6.31. The summed E-state index contributed by atoms with van der Waals surface area (Å²) in [5, 5.41) is 41.2. The largest absolute Gasteiger partial charge is 0.478 e. The number of hydrogen-bond acceptors (Lipinski definition) is 6. The number of nitro benzene ring substituents is 1. The number of nitrogens with one attached hydrogen (secondary N) is 1. The van der Waals surface area contributed by atoms with Crippen molar-refractivity contribution >= 4 is 17.3 Å². The highest BCUT2D eigenvalue weighted by Crippen LogP contribution is 2.29. The highest BCUT2D eigenvalue weighted by molar-refractivity contribution is 5.89. The molecule has 20 heavy (non-hydrogen) atoms. The van der Waals surface area contributed by atoms with Crippen LogP contribution in [0.1, 0.15) is 23.7 Å². The highest BCUT2D eigenvalue weighted by atomic mass is 16.6. The lowest BCUT2D eigenvalue weighted by molar-refractivity contribution is -0.384. The van der Waals surface area contributed by atoms with Crippen LogP contribution in [0.4, 0.5) is 11.4 Å². The molecule has 0 saturated carbocycles. The molecule has 0 saturated heterocycles. The Hall–Kier alpha value is -2.19. The summed E-state index contributed by atoms with van der Waals surface area (Å²) in [6.07, 6.45) is 0.331. The smallest absolute Gasteiger partial charge is 0.335 e. The van der Waals surface area contributed by atoms with E-state index in [0.29, 0.717) is 6.42 Å². The Labute approximate surface area is 114 Å². The zero-order valence-electron chi connectivity index (χ0n) is 10.9. The standard InChI is InChI=1S/C12H16N2O6/c1-2-12(6-15,7-16)13-9-4-3-8(11(17)18)5-10(9)14(19)20/h3-5,13,15-16H,2,6-7H2,1H3,(H,17,18). The molecule has 1 aromatic carbocycles. The van der Waals surface area contributed by atoms with Crippen molar-refractivity contribution in [2.24, 2.45) is 0 Å². The van der Waals surface area contributed by atoms with E-state index in [1.165, 1.54) is 12.1 Å². The zero-order valence-corrected chi connectivity index (χ0v) is 10.9. The van der Waals surface area contributed by atoms with E-state index in [9.17, 15) is 25.1 Å². The molecule has 0 unspecified atom stereocenters. The minimum Gasteiger partial charge on any atom is -0.478 e. The van der Waals surface area contributed by atoms with Crippen LogP contribution in [-0.2, 0) is 0 Å². The van der Waals surface area contributed by atoms with Crippen LogP contribution in [0.2, 0.25) is 0 Å². The third kappa shape index (κ3) is 3.22. The minimum absolute atomic E-state index is 0.0463. The average molecular weight is 284 g/mol. The molecular weight excluding hydrogens is 268 g/mol. The van der Waals surface area contributed by atoms with Gasteiger partial charge in [-0.15, -0.1) is 0 Å². The molecule has 0 radical (unpaired) electrons. The number of nitro groups is 1. The van der Waals surface area contributed by atoms with E-state index in [2.05, 4.69) is 5.32 Å². The van der Waals surface area contributed by atoms with Crippen molar-refractivity contribution in [2.75, 3.05) is 18.5 Å². The number of rotatable bonds is 7. The molecule has 0 aliphatic carbocycles. The van der Waals surface area contributed by atoms with Crippen LogP contribution >= 0.6 is 0 Å². The molecule has 1 rings (SSSR count). The maximum Gasteiger partial charge on any atom is 0.335 e. The molecule has 4 N–H and O–H groups in total. The van der Waals surface area contributed by atoms with Gasteiger partial charge in [0.15, 0.2) is 0 Å². The summed E-state index contributed by atoms with van der Waals surface area (Å²) in [6.45, 7) is 0.868. The maximum absolute atomic E-state index is 11.0. The number of aliphatic hydroxyl groups excluding tert-OH is 2. The molecule has 0 aromatic heterocycles. The van der Waals surface area contributed by atoms with Gasteiger partial charge in [-0.3, -0.25) is 10.1 Å². The monoisotopic (exact) mass is 284 g/mol. The molecule has 0 amide bonds. The van der Waals surface area contributed by atoms with E-state index in [-0.39, 0.29) is 11.3 Å². The molecule has 0 atom stereocenters. The Kier molecular flexibility index (Phi) is 5.00. The molecule has 8 nitrogen and oxygen atoms in total. The van der Waals surface area contributed by atoms with Crippen molar-refractivity contribution in [3.63, 3.8) is 0 Å². The summed E-state index contributed by atoms with van der Waals surface area (Å²) >= 11 is 0. The van der Waals surface area contributed by atoms with Crippen LogP contribution in [0.5, 0.6) is 0 Å². The number of carboxylic acid groups (broad SMARTS) is 1. The topological polar surface area (TPSA) is 133 Å². The Morgan fingerprint density at radius 2 is 2.00 bits per heavy atom. The Bertz CT molecular complexity index is 504. The van der Waals surface area contributed by atoms with Crippen LogP contribution in [0.25, 0.3) is 0 Å². The van der Waals surface area contributed by atoms with Crippen molar-refractivity contribution in [2.45, 2.75) is 18.9 Å². The third-order valence-corrected chi connectivity index (χ3v) is 3.12. The normalized spacial score (nSPS) is 11.2. The quantitative estimate of drug-likeness (QED) is 0.430. The number of anilines is 1. The number of benzene rings is 1. The van der Waals surface area contributed by atoms with Gasteiger partial charge in [0.2, 0.25) is 0 Å². The van der Waals surface area contributed by atoms with E-state index in [0.717, 1.165) is 6.07 Å². The Balaban J connectivity index is 3.24. The predicted molar refractivity (Wildman–Crippen MR) is 70.9 cm³/mol. The summed E-state index contributed by atoms with van der Waals surface area (Å²) in [5.41, 5.74) is -1.69. The Morgan fingerprint density at radius 3 is 2.40 bits per heavy atom. The van der Waals surface area contributed by atoms with Crippen LogP contribution in [-0.4, -0.2) is 45.0 Å². The van der Waals surface area contributed by atoms with Gasteiger partial charge in [-0.1, -0.05) is 6.92 Å². The molecular formula is C12H16N2O6. The van der Waals surface area contributed by atoms with Crippen molar-refractivity contribution in [3.8, 4) is 0 Å². The first-order valence-electron chi connectivity index (χ1n) is 5.90. The fourth-order valence-electron chi connectivity index (χ4n) is 1.65. The summed E-state index contributed by atoms with van der Waals surface area (Å²) in [6, 6.07) is 3.39. The summed E-state index contributed by atoms with van der Waals surface area (Å²) in [4.78, 5) is 21.1. The molecule has 0 spiro atoms. The van der Waals surface area contributed by atoms with Gasteiger partial charge in [-0.2, -0.15) is 0 Å². The van der Waals surface area contributed by atoms with Crippen molar-refractivity contribution in [3.05, 3.63) is 33.9 Å². The molecule has 0 aliphatic heterocycles. The molecule has 110 valence electrons. The summed E-state index contributed by atoms with van der Waals surface area (Å²) in [5.74, 6) is -1.27. The number of carbonyl (C=O) groups is 1. The highest BCUT2D eigenvalue weighted by Gasteiger charge is 2.29. The van der Waals surface area contributed by atoms with E-state index in [1.807, 2.05) is 0 Å². The Morgan fingerprint density at radius 1 is 1.40 bits per heavy atom. The van der Waals surface area contributed by atoms with E-state index in [1.54, 1.807) is 6.92 Å². The molecule has 8 heteroatoms. The summed E-state index contributed by atoms with van der Waals surface area (Å²) < 4.78 is 0. The predicted octanol–water partition coefficient (Wildman–Crippen LogP) is 0.838. The molecule has 0 bridgehead atoms. The van der Waals surface area contributed by atoms with Crippen molar-refractivity contribution in [1.29, 1.82) is 0 Å². The second-order valence-corrected chi connectivity index (χ2v) is 4.37. The van der Waals surface area contributed by atoms with Crippen LogP contribution < -0.4 is 5.32 Å². The SMILES string of the molecule is CCC(CO)(CO)Nc1ccc(C(=O)O)cc1[N+](=O)[O-]. The number of nitrogens with zero attached hydrogens (tertiary/aromatic N) is 1. The fraction of sp³-hybridized carbons (Fsp3) is 0.417. The van der Waals surface area contributed by atoms with E-state index in [4.69, 9.17) is 5.11 Å². The fourth-order valence-corrected chi connectivity index (χ4v) is 1.65. The lowest BCUT2D eigenvalue weighted by Gasteiger charge is -2.30. The van der Waals surface area contributed by atoms with Gasteiger partial charge >= 0.3 is 5.97 Å². The first kappa shape index (κ1) is 15.9. The molecule has 0 aliphatic rings. The van der Waals surface area contributed by atoms with Crippen LogP contribution in [0, 0.1) is 10.1 Å². The first-order chi connectivity index (χ1) is 9.39. The third-order valence-electron chi connectivity index (χ3n) is 3.12.